The number of hydrogen-bond acceptors (Lipinski definition) is 4. The van der Waals surface area contributed by atoms with Crippen LogP contribution in [0.2, 0.25) is 0 Å². The lowest BCUT2D eigenvalue weighted by atomic mass is 9.88. The van der Waals surface area contributed by atoms with Crippen LogP contribution in [-0.4, -0.2) is 43.9 Å². The number of carbonyl (C=O) groups excluding carboxylic acids is 1. The Morgan fingerprint density at radius 3 is 2.19 bits per heavy atom. The van der Waals surface area contributed by atoms with E-state index in [9.17, 15) is 13.2 Å². The van der Waals surface area contributed by atoms with Gasteiger partial charge in [-0.25, -0.2) is 8.42 Å². The number of amides is 1. The highest BCUT2D eigenvalue weighted by molar-refractivity contribution is 7.89. The average molecular weight is 381 g/mol. The molecule has 0 radical (unpaired) electrons. The van der Waals surface area contributed by atoms with Gasteiger partial charge in [0.2, 0.25) is 15.9 Å². The minimum absolute atomic E-state index is 0.0381. The van der Waals surface area contributed by atoms with E-state index in [1.54, 1.807) is 24.3 Å². The van der Waals surface area contributed by atoms with Crippen LogP contribution in [0.1, 0.15) is 46.0 Å². The molecule has 7 heteroatoms. The molecule has 2 unspecified atom stereocenters. The molecule has 1 saturated heterocycles. The zero-order chi connectivity index (χ0) is 18.7. The molecule has 2 fully saturated rings. The number of benzene rings is 1. The van der Waals surface area contributed by atoms with Gasteiger partial charge in [-0.15, -0.1) is 0 Å². The second-order valence-corrected chi connectivity index (χ2v) is 9.37. The maximum atomic E-state index is 12.8. The zero-order valence-electron chi connectivity index (χ0n) is 15.5. The normalized spacial score (nSPS) is 25.8. The molecule has 1 amide bonds. The predicted octanol–water partition coefficient (Wildman–Crippen LogP) is 3.00. The number of carbonyl (C=O) groups is 1. The van der Waals surface area contributed by atoms with E-state index in [1.807, 2.05) is 13.8 Å². The van der Waals surface area contributed by atoms with Crippen molar-refractivity contribution in [1.29, 1.82) is 0 Å². The van der Waals surface area contributed by atoms with Crippen LogP contribution < -0.4 is 5.32 Å². The summed E-state index contributed by atoms with van der Waals surface area (Å²) in [6.45, 7) is 4.46. The van der Waals surface area contributed by atoms with Crippen LogP contribution in [0.25, 0.3) is 0 Å². The second kappa shape index (κ2) is 8.06. The van der Waals surface area contributed by atoms with Crippen molar-refractivity contribution in [1.82, 2.24) is 4.31 Å². The summed E-state index contributed by atoms with van der Waals surface area (Å²) in [5.41, 5.74) is 0.642. The molecule has 1 N–H and O–H groups in total. The van der Waals surface area contributed by atoms with Crippen LogP contribution in [0.4, 0.5) is 5.69 Å². The minimum atomic E-state index is -3.55. The van der Waals surface area contributed by atoms with Gasteiger partial charge in [0.05, 0.1) is 17.1 Å². The maximum absolute atomic E-state index is 12.8. The molecule has 1 saturated carbocycles. The monoisotopic (exact) mass is 380 g/mol. The maximum Gasteiger partial charge on any atom is 0.243 e. The van der Waals surface area contributed by atoms with Gasteiger partial charge in [-0.2, -0.15) is 4.31 Å². The number of nitrogens with zero attached hydrogens (tertiary/aromatic N) is 1. The highest BCUT2D eigenvalue weighted by Gasteiger charge is 2.32. The zero-order valence-corrected chi connectivity index (χ0v) is 16.3. The van der Waals surface area contributed by atoms with Crippen molar-refractivity contribution in [3.8, 4) is 0 Å². The molecule has 1 aliphatic carbocycles. The highest BCUT2D eigenvalue weighted by Crippen LogP contribution is 2.26. The number of rotatable bonds is 4. The SMILES string of the molecule is CC1CN(S(=O)(=O)c2ccc(NC(=O)C3CCCCC3)cc2)CC(C)O1. The Bertz CT molecular complexity index is 716. The summed E-state index contributed by atoms with van der Waals surface area (Å²) in [7, 11) is -3.55. The van der Waals surface area contributed by atoms with E-state index in [4.69, 9.17) is 4.74 Å². The Morgan fingerprint density at radius 1 is 1.04 bits per heavy atom. The van der Waals surface area contributed by atoms with Crippen LogP contribution in [0, 0.1) is 5.92 Å². The molecule has 0 aromatic heterocycles. The van der Waals surface area contributed by atoms with Crippen LogP contribution in [0.5, 0.6) is 0 Å². The fourth-order valence-corrected chi connectivity index (χ4v) is 5.39. The number of hydrogen-bond donors (Lipinski definition) is 1. The molecular formula is C19H28N2O4S. The first-order chi connectivity index (χ1) is 12.4. The largest absolute Gasteiger partial charge is 0.373 e. The molecule has 2 atom stereocenters. The summed E-state index contributed by atoms with van der Waals surface area (Å²) in [4.78, 5) is 12.6. The highest BCUT2D eigenvalue weighted by atomic mass is 32.2. The van der Waals surface area contributed by atoms with E-state index in [-0.39, 0.29) is 28.9 Å². The molecule has 0 bridgehead atoms. The Balaban J connectivity index is 1.67. The van der Waals surface area contributed by atoms with Crippen LogP contribution >= 0.6 is 0 Å². The lowest BCUT2D eigenvalue weighted by molar-refractivity contribution is -0.120. The van der Waals surface area contributed by atoms with E-state index in [0.717, 1.165) is 25.7 Å². The summed E-state index contributed by atoms with van der Waals surface area (Å²) in [5, 5.41) is 2.92. The molecule has 1 aromatic rings. The van der Waals surface area contributed by atoms with E-state index in [1.165, 1.54) is 10.7 Å². The van der Waals surface area contributed by atoms with Crippen molar-refractivity contribution in [2.75, 3.05) is 18.4 Å². The summed E-state index contributed by atoms with van der Waals surface area (Å²) < 4.78 is 32.8. The molecule has 2 aliphatic rings. The van der Waals surface area contributed by atoms with Crippen molar-refractivity contribution in [2.45, 2.75) is 63.1 Å². The van der Waals surface area contributed by atoms with Gasteiger partial charge in [-0.05, 0) is 51.0 Å². The molecule has 0 spiro atoms. The van der Waals surface area contributed by atoms with E-state index in [0.29, 0.717) is 18.8 Å². The molecule has 1 aromatic carbocycles. The topological polar surface area (TPSA) is 75.7 Å². The second-order valence-electron chi connectivity index (χ2n) is 7.43. The number of nitrogens with one attached hydrogen (secondary N) is 1. The Morgan fingerprint density at radius 2 is 1.62 bits per heavy atom. The summed E-state index contributed by atoms with van der Waals surface area (Å²) in [5.74, 6) is 0.111. The first-order valence-electron chi connectivity index (χ1n) is 9.43. The smallest absolute Gasteiger partial charge is 0.243 e. The van der Waals surface area contributed by atoms with Crippen molar-refractivity contribution in [3.05, 3.63) is 24.3 Å². The summed E-state index contributed by atoms with van der Waals surface area (Å²) >= 11 is 0. The van der Waals surface area contributed by atoms with Crippen molar-refractivity contribution in [2.24, 2.45) is 5.92 Å². The Kier molecular flexibility index (Phi) is 5.99. The quantitative estimate of drug-likeness (QED) is 0.871. The number of anilines is 1. The van der Waals surface area contributed by atoms with Crippen molar-refractivity contribution in [3.63, 3.8) is 0 Å². The third kappa shape index (κ3) is 4.45. The lowest BCUT2D eigenvalue weighted by Crippen LogP contribution is -2.48. The third-order valence-electron chi connectivity index (χ3n) is 5.12. The summed E-state index contributed by atoms with van der Waals surface area (Å²) in [6.07, 6.45) is 5.04. The molecule has 6 nitrogen and oxygen atoms in total. The van der Waals surface area contributed by atoms with Crippen LogP contribution in [0.3, 0.4) is 0 Å². The number of ether oxygens (including phenoxy) is 1. The average Bonchev–Trinajstić information content (AvgIpc) is 2.62. The lowest BCUT2D eigenvalue weighted by Gasteiger charge is -2.34. The van der Waals surface area contributed by atoms with Crippen molar-refractivity contribution >= 4 is 21.6 Å². The Labute approximate surface area is 156 Å². The van der Waals surface area contributed by atoms with Gasteiger partial charge in [-0.1, -0.05) is 19.3 Å². The number of morpholine rings is 1. The van der Waals surface area contributed by atoms with Gasteiger partial charge in [0.15, 0.2) is 0 Å². The molecule has 1 aliphatic heterocycles. The standard InChI is InChI=1S/C19H28N2O4S/c1-14-12-21(13-15(2)25-14)26(23,24)18-10-8-17(9-11-18)20-19(22)16-6-4-3-5-7-16/h8-11,14-16H,3-7,12-13H2,1-2H3,(H,20,22). The van der Waals surface area contributed by atoms with Gasteiger partial charge in [0.1, 0.15) is 0 Å². The van der Waals surface area contributed by atoms with Gasteiger partial charge in [0, 0.05) is 24.7 Å². The van der Waals surface area contributed by atoms with Crippen LogP contribution in [-0.2, 0) is 19.6 Å². The fourth-order valence-electron chi connectivity index (χ4n) is 3.80. The molecule has 3 rings (SSSR count). The van der Waals surface area contributed by atoms with Gasteiger partial charge in [-0.3, -0.25) is 4.79 Å². The van der Waals surface area contributed by atoms with Crippen LogP contribution in [0.15, 0.2) is 29.2 Å². The minimum Gasteiger partial charge on any atom is -0.373 e. The van der Waals surface area contributed by atoms with Gasteiger partial charge >= 0.3 is 0 Å². The molecular weight excluding hydrogens is 352 g/mol. The first kappa shape index (κ1) is 19.3. The predicted molar refractivity (Wildman–Crippen MR) is 100 cm³/mol. The van der Waals surface area contributed by atoms with Gasteiger partial charge in [0.25, 0.3) is 0 Å². The van der Waals surface area contributed by atoms with Crippen molar-refractivity contribution < 1.29 is 17.9 Å². The summed E-state index contributed by atoms with van der Waals surface area (Å²) in [6, 6.07) is 6.47. The molecule has 1 heterocycles. The van der Waals surface area contributed by atoms with Gasteiger partial charge < -0.3 is 10.1 Å². The molecule has 144 valence electrons. The van der Waals surface area contributed by atoms with E-state index >= 15 is 0 Å². The molecule has 26 heavy (non-hydrogen) atoms. The third-order valence-corrected chi connectivity index (χ3v) is 6.97. The van der Waals surface area contributed by atoms with E-state index < -0.39 is 10.0 Å². The number of sulfonamides is 1. The Hall–Kier alpha value is -1.44. The first-order valence-corrected chi connectivity index (χ1v) is 10.9. The fraction of sp³-hybridized carbons (Fsp3) is 0.632. The van der Waals surface area contributed by atoms with E-state index in [2.05, 4.69) is 5.32 Å².